The molecule has 3 heterocycles. The highest BCUT2D eigenvalue weighted by Gasteiger charge is 2.36. The quantitative estimate of drug-likeness (QED) is 0.425. The Balaban J connectivity index is 1.37. The predicted molar refractivity (Wildman–Crippen MR) is 122 cm³/mol. The molecule has 2 aromatic carbocycles. The third-order valence-corrected chi connectivity index (χ3v) is 7.80. The van der Waals surface area contributed by atoms with Crippen molar-refractivity contribution in [3.8, 4) is 0 Å². The molecule has 2 saturated heterocycles. The van der Waals surface area contributed by atoms with Gasteiger partial charge in [0, 0.05) is 30.2 Å². The molecule has 5 rings (SSSR count). The highest BCUT2D eigenvalue weighted by atomic mass is 35.5. The fourth-order valence-corrected chi connectivity index (χ4v) is 5.96. The van der Waals surface area contributed by atoms with Crippen LogP contribution in [-0.4, -0.2) is 33.6 Å². The number of piperidine rings is 2. The van der Waals surface area contributed by atoms with Gasteiger partial charge in [0.15, 0.2) is 0 Å². The zero-order valence-electron chi connectivity index (χ0n) is 16.4. The number of nitrogens with zero attached hydrogens (tertiary/aromatic N) is 3. The van der Waals surface area contributed by atoms with E-state index in [4.69, 9.17) is 39.8 Å². The largest absolute Gasteiger partial charge is 0.325 e. The van der Waals surface area contributed by atoms with Crippen LogP contribution in [0.15, 0.2) is 36.4 Å². The summed E-state index contributed by atoms with van der Waals surface area (Å²) in [4.78, 5) is 7.42. The van der Waals surface area contributed by atoms with Crippen molar-refractivity contribution in [1.82, 2.24) is 14.5 Å². The predicted octanol–water partition coefficient (Wildman–Crippen LogP) is 6.89. The van der Waals surface area contributed by atoms with Crippen LogP contribution >= 0.6 is 34.8 Å². The van der Waals surface area contributed by atoms with Crippen molar-refractivity contribution in [3.63, 3.8) is 0 Å². The number of halogens is 3. The van der Waals surface area contributed by atoms with Crippen molar-refractivity contribution in [2.75, 3.05) is 13.1 Å². The van der Waals surface area contributed by atoms with E-state index in [-0.39, 0.29) is 0 Å². The molecule has 0 bridgehead atoms. The third-order valence-electron chi connectivity index (χ3n) is 6.73. The Morgan fingerprint density at radius 1 is 0.931 bits per heavy atom. The van der Waals surface area contributed by atoms with Crippen molar-refractivity contribution >= 4 is 45.8 Å². The van der Waals surface area contributed by atoms with Crippen LogP contribution in [0.5, 0.6) is 0 Å². The van der Waals surface area contributed by atoms with Crippen molar-refractivity contribution in [3.05, 3.63) is 62.9 Å². The number of imidazole rings is 1. The lowest BCUT2D eigenvalue weighted by Gasteiger charge is -2.45. The first kappa shape index (κ1) is 19.7. The molecular weight excluding hydrogens is 425 g/mol. The topological polar surface area (TPSA) is 21.1 Å². The first-order chi connectivity index (χ1) is 14.0. The average Bonchev–Trinajstić information content (AvgIpc) is 3.02. The first-order valence-electron chi connectivity index (χ1n) is 10.3. The molecule has 0 saturated carbocycles. The van der Waals surface area contributed by atoms with E-state index in [0.29, 0.717) is 28.0 Å². The van der Waals surface area contributed by atoms with Gasteiger partial charge < -0.3 is 4.57 Å². The standard InChI is InChI=1S/C23H24Cl3N3/c1-14-27-22-11-20(25)21(26)12-23(22)29(14)17-8-9-28-13-15(6-7-16(28)10-17)18-4-2-3-5-19(18)24/h2-5,11-12,15-17H,6-10,13H2,1H3/t15-,16+,17+/m1/s1. The number of hydrogen-bond acceptors (Lipinski definition) is 2. The van der Waals surface area contributed by atoms with Gasteiger partial charge in [-0.2, -0.15) is 0 Å². The van der Waals surface area contributed by atoms with Gasteiger partial charge in [-0.05, 0) is 62.3 Å². The lowest BCUT2D eigenvalue weighted by atomic mass is 9.82. The van der Waals surface area contributed by atoms with Crippen molar-refractivity contribution in [1.29, 1.82) is 0 Å². The van der Waals surface area contributed by atoms with E-state index < -0.39 is 0 Å². The molecule has 0 unspecified atom stereocenters. The van der Waals surface area contributed by atoms with E-state index in [1.54, 1.807) is 0 Å². The van der Waals surface area contributed by atoms with Crippen molar-refractivity contribution < 1.29 is 0 Å². The highest BCUT2D eigenvalue weighted by Crippen LogP contribution is 2.40. The molecule has 2 aliphatic rings. The average molecular weight is 449 g/mol. The van der Waals surface area contributed by atoms with Gasteiger partial charge in [-0.15, -0.1) is 0 Å². The molecular formula is C23H24Cl3N3. The summed E-state index contributed by atoms with van der Waals surface area (Å²) in [7, 11) is 0. The molecule has 3 aromatic rings. The van der Waals surface area contributed by atoms with Crippen LogP contribution in [-0.2, 0) is 0 Å². The summed E-state index contributed by atoms with van der Waals surface area (Å²) in [6.07, 6.45) is 4.69. The molecule has 0 spiro atoms. The van der Waals surface area contributed by atoms with Crippen LogP contribution in [0.1, 0.15) is 49.0 Å². The second kappa shape index (κ2) is 7.77. The molecule has 0 aliphatic carbocycles. The second-order valence-electron chi connectivity index (χ2n) is 8.41. The molecule has 6 heteroatoms. The van der Waals surface area contributed by atoms with E-state index in [2.05, 4.69) is 28.5 Å². The Morgan fingerprint density at radius 2 is 1.72 bits per heavy atom. The summed E-state index contributed by atoms with van der Waals surface area (Å²) in [5, 5.41) is 2.07. The van der Waals surface area contributed by atoms with Crippen LogP contribution in [0.4, 0.5) is 0 Å². The molecule has 0 N–H and O–H groups in total. The maximum Gasteiger partial charge on any atom is 0.106 e. The Kier molecular flexibility index (Phi) is 5.28. The smallest absolute Gasteiger partial charge is 0.106 e. The minimum atomic E-state index is 0.454. The summed E-state index contributed by atoms with van der Waals surface area (Å²) >= 11 is 19.0. The molecule has 1 aromatic heterocycles. The minimum Gasteiger partial charge on any atom is -0.325 e. The number of aromatic nitrogens is 2. The van der Waals surface area contributed by atoms with E-state index in [0.717, 1.165) is 47.8 Å². The van der Waals surface area contributed by atoms with Gasteiger partial charge in [-0.3, -0.25) is 4.90 Å². The van der Waals surface area contributed by atoms with Crippen LogP contribution in [0.3, 0.4) is 0 Å². The number of benzene rings is 2. The number of hydrogen-bond donors (Lipinski definition) is 0. The summed E-state index contributed by atoms with van der Waals surface area (Å²) in [6, 6.07) is 13.2. The lowest BCUT2D eigenvalue weighted by molar-refractivity contribution is 0.0716. The second-order valence-corrected chi connectivity index (χ2v) is 9.63. The maximum absolute atomic E-state index is 6.47. The van der Waals surface area contributed by atoms with Gasteiger partial charge in [0.25, 0.3) is 0 Å². The Morgan fingerprint density at radius 3 is 2.55 bits per heavy atom. The highest BCUT2D eigenvalue weighted by molar-refractivity contribution is 6.42. The van der Waals surface area contributed by atoms with Crippen LogP contribution in [0, 0.1) is 6.92 Å². The summed E-state index contributed by atoms with van der Waals surface area (Å²) in [6.45, 7) is 4.30. The third kappa shape index (κ3) is 3.57. The van der Waals surface area contributed by atoms with Gasteiger partial charge in [0.1, 0.15) is 5.82 Å². The zero-order valence-corrected chi connectivity index (χ0v) is 18.7. The molecule has 2 aliphatic heterocycles. The van der Waals surface area contributed by atoms with Crippen molar-refractivity contribution in [2.24, 2.45) is 0 Å². The fourth-order valence-electron chi connectivity index (χ4n) is 5.35. The van der Waals surface area contributed by atoms with Crippen molar-refractivity contribution in [2.45, 2.75) is 50.6 Å². The molecule has 0 radical (unpaired) electrons. The monoisotopic (exact) mass is 447 g/mol. The number of fused-ring (bicyclic) bond motifs is 2. The molecule has 29 heavy (non-hydrogen) atoms. The van der Waals surface area contributed by atoms with Gasteiger partial charge in [0.05, 0.1) is 21.1 Å². The maximum atomic E-state index is 6.47. The zero-order chi connectivity index (χ0) is 20.1. The van der Waals surface area contributed by atoms with Gasteiger partial charge >= 0.3 is 0 Å². The SMILES string of the molecule is Cc1nc2cc(Cl)c(Cl)cc2n1[C@H]1CCN2C[C@H](c3ccccc3Cl)CC[C@H]2C1. The molecule has 3 atom stereocenters. The summed E-state index contributed by atoms with van der Waals surface area (Å²) in [5.74, 6) is 1.58. The van der Waals surface area contributed by atoms with Crippen LogP contribution in [0.25, 0.3) is 11.0 Å². The number of rotatable bonds is 2. The molecule has 3 nitrogen and oxygen atoms in total. The van der Waals surface area contributed by atoms with Crippen LogP contribution in [0.2, 0.25) is 15.1 Å². The van der Waals surface area contributed by atoms with E-state index in [1.807, 2.05) is 24.3 Å². The van der Waals surface area contributed by atoms with Gasteiger partial charge in [-0.1, -0.05) is 53.0 Å². The molecule has 152 valence electrons. The minimum absolute atomic E-state index is 0.454. The summed E-state index contributed by atoms with van der Waals surface area (Å²) < 4.78 is 2.38. The van der Waals surface area contributed by atoms with E-state index in [1.165, 1.54) is 18.4 Å². The first-order valence-corrected chi connectivity index (χ1v) is 11.5. The molecule has 2 fully saturated rings. The fraction of sp³-hybridized carbons (Fsp3) is 0.435. The Bertz CT molecular complexity index is 1060. The molecule has 0 amide bonds. The normalized spacial score (nSPS) is 25.3. The lowest BCUT2D eigenvalue weighted by Crippen LogP contribution is -2.48. The van der Waals surface area contributed by atoms with Gasteiger partial charge in [0.2, 0.25) is 0 Å². The Labute approximate surface area is 186 Å². The van der Waals surface area contributed by atoms with E-state index in [9.17, 15) is 0 Å². The number of aryl methyl sites for hydroxylation is 1. The van der Waals surface area contributed by atoms with Crippen LogP contribution < -0.4 is 0 Å². The van der Waals surface area contributed by atoms with E-state index >= 15 is 0 Å². The summed E-state index contributed by atoms with van der Waals surface area (Å²) in [5.41, 5.74) is 3.33. The van der Waals surface area contributed by atoms with Gasteiger partial charge in [-0.25, -0.2) is 4.98 Å². The Hall–Kier alpha value is -1.26.